The Morgan fingerprint density at radius 3 is 1.76 bits per heavy atom. The molecule has 0 bridgehead atoms. The van der Waals surface area contributed by atoms with E-state index < -0.39 is 11.2 Å². The fourth-order valence-electron chi connectivity index (χ4n) is 5.72. The molecule has 0 fully saturated rings. The van der Waals surface area contributed by atoms with Crippen molar-refractivity contribution in [2.75, 3.05) is 26.2 Å². The van der Waals surface area contributed by atoms with Crippen LogP contribution in [0.1, 0.15) is 78.4 Å². The summed E-state index contributed by atoms with van der Waals surface area (Å²) in [5.74, 6) is 0. The maximum absolute atomic E-state index is 12.3. The van der Waals surface area contributed by atoms with Gasteiger partial charge in [0.05, 0.1) is 0 Å². The molecule has 2 amide bonds. The van der Waals surface area contributed by atoms with Crippen molar-refractivity contribution in [3.63, 3.8) is 0 Å². The SMILES string of the molecule is CC(C)(C)OC(=O)N1CC=C(c2cccc3ccsc23)CCC1.CC(C)(C)OC(=O)N1CCC=C(c2cccc3ccsc23)CC1. The second kappa shape index (κ2) is 14.4. The normalized spacial score (nSPS) is 16.1. The van der Waals surface area contributed by atoms with Crippen LogP contribution in [-0.2, 0) is 9.47 Å². The van der Waals surface area contributed by atoms with Crippen molar-refractivity contribution in [3.8, 4) is 0 Å². The number of allylic oxidation sites excluding steroid dienone is 1. The molecule has 2 aromatic heterocycles. The Balaban J connectivity index is 0.000000181. The van der Waals surface area contributed by atoms with Gasteiger partial charge >= 0.3 is 12.2 Å². The van der Waals surface area contributed by atoms with Crippen LogP contribution >= 0.6 is 22.7 Å². The number of carbonyl (C=O) groups is 2. The Kier molecular flexibility index (Phi) is 10.6. The van der Waals surface area contributed by atoms with Gasteiger partial charge in [0.15, 0.2) is 0 Å². The van der Waals surface area contributed by atoms with Crippen molar-refractivity contribution in [2.45, 2.75) is 78.4 Å². The second-order valence-electron chi connectivity index (χ2n) is 13.8. The molecule has 0 unspecified atom stereocenters. The largest absolute Gasteiger partial charge is 0.444 e. The van der Waals surface area contributed by atoms with Crippen molar-refractivity contribution in [1.29, 1.82) is 0 Å². The van der Waals surface area contributed by atoms with Crippen molar-refractivity contribution in [2.24, 2.45) is 0 Å². The number of ether oxygens (including phenoxy) is 2. The molecular weight excluding hydrogens is 613 g/mol. The van der Waals surface area contributed by atoms with Gasteiger partial charge in [-0.05, 0) is 123 Å². The Morgan fingerprint density at radius 1 is 0.652 bits per heavy atom. The molecule has 4 aromatic rings. The predicted octanol–water partition coefficient (Wildman–Crippen LogP) is 10.6. The lowest BCUT2D eigenvalue weighted by molar-refractivity contribution is 0.0254. The summed E-state index contributed by atoms with van der Waals surface area (Å²) in [7, 11) is 0. The molecule has 0 spiro atoms. The van der Waals surface area contributed by atoms with Crippen LogP contribution in [0.4, 0.5) is 9.59 Å². The van der Waals surface area contributed by atoms with Gasteiger partial charge in [0, 0.05) is 35.6 Å². The summed E-state index contributed by atoms with van der Waals surface area (Å²) >= 11 is 3.57. The van der Waals surface area contributed by atoms with Crippen molar-refractivity contribution in [3.05, 3.63) is 82.6 Å². The summed E-state index contributed by atoms with van der Waals surface area (Å²) in [5.41, 5.74) is 4.40. The molecular formula is C38H46N2O4S2. The summed E-state index contributed by atoms with van der Waals surface area (Å²) in [4.78, 5) is 28.1. The molecule has 2 aliphatic heterocycles. The molecule has 0 radical (unpaired) electrons. The van der Waals surface area contributed by atoms with Gasteiger partial charge in [-0.1, -0.05) is 48.6 Å². The summed E-state index contributed by atoms with van der Waals surface area (Å²) in [6, 6.07) is 17.2. The summed E-state index contributed by atoms with van der Waals surface area (Å²) in [6.07, 6.45) is 7.74. The first-order chi connectivity index (χ1) is 21.9. The molecule has 0 atom stereocenters. The first-order valence-corrected chi connectivity index (χ1v) is 17.9. The first-order valence-electron chi connectivity index (χ1n) is 16.1. The van der Waals surface area contributed by atoms with Gasteiger partial charge in [0.1, 0.15) is 11.2 Å². The van der Waals surface area contributed by atoms with Crippen LogP contribution in [0.15, 0.2) is 71.4 Å². The highest BCUT2D eigenvalue weighted by Gasteiger charge is 2.25. The number of carbonyl (C=O) groups excluding carboxylic acids is 2. The number of nitrogens with zero attached hydrogens (tertiary/aromatic N) is 2. The van der Waals surface area contributed by atoms with E-state index in [4.69, 9.17) is 9.47 Å². The average molecular weight is 659 g/mol. The van der Waals surface area contributed by atoms with E-state index in [1.54, 1.807) is 27.6 Å². The van der Waals surface area contributed by atoms with Gasteiger partial charge in [-0.3, -0.25) is 0 Å². The number of hydrogen-bond acceptors (Lipinski definition) is 6. The number of amides is 2. The fourth-order valence-corrected chi connectivity index (χ4v) is 7.62. The molecule has 6 rings (SSSR count). The van der Waals surface area contributed by atoms with Gasteiger partial charge in [-0.25, -0.2) is 9.59 Å². The van der Waals surface area contributed by atoms with Crippen LogP contribution in [0.5, 0.6) is 0 Å². The van der Waals surface area contributed by atoms with E-state index in [0.29, 0.717) is 13.1 Å². The number of fused-ring (bicyclic) bond motifs is 2. The zero-order chi connectivity index (χ0) is 32.9. The maximum Gasteiger partial charge on any atom is 0.410 e. The number of benzene rings is 2. The molecule has 0 saturated carbocycles. The minimum absolute atomic E-state index is 0.207. The number of rotatable bonds is 2. The summed E-state index contributed by atoms with van der Waals surface area (Å²) in [6.45, 7) is 14.2. The van der Waals surface area contributed by atoms with Crippen LogP contribution in [0.2, 0.25) is 0 Å². The standard InChI is InChI=1S/2C19H23NO2S/c2*1-19(2,3)22-18(21)20-11-5-7-14(9-12-20)16-8-4-6-15-10-13-23-17(15)16/h4,6,8-10,13H,5,7,11-12H2,1-3H3;4,6-8,10,13H,5,9,11-12H2,1-3H3. The van der Waals surface area contributed by atoms with E-state index in [9.17, 15) is 9.59 Å². The molecule has 0 saturated heterocycles. The fraction of sp³-hybridized carbons (Fsp3) is 0.421. The van der Waals surface area contributed by atoms with E-state index in [0.717, 1.165) is 38.8 Å². The summed E-state index contributed by atoms with van der Waals surface area (Å²) in [5, 5.41) is 6.86. The van der Waals surface area contributed by atoms with Crippen LogP contribution in [0.25, 0.3) is 31.3 Å². The zero-order valence-electron chi connectivity index (χ0n) is 27.9. The first kappa shape index (κ1) is 33.7. The minimum atomic E-state index is -0.446. The third-order valence-electron chi connectivity index (χ3n) is 7.83. The van der Waals surface area contributed by atoms with Gasteiger partial charge < -0.3 is 19.3 Å². The minimum Gasteiger partial charge on any atom is -0.444 e. The van der Waals surface area contributed by atoms with Gasteiger partial charge in [0.2, 0.25) is 0 Å². The number of thiophene rings is 2. The highest BCUT2D eigenvalue weighted by atomic mass is 32.1. The van der Waals surface area contributed by atoms with Crippen molar-refractivity contribution >= 4 is 66.2 Å². The van der Waals surface area contributed by atoms with Gasteiger partial charge in [-0.2, -0.15) is 0 Å². The number of hydrogen-bond donors (Lipinski definition) is 0. The topological polar surface area (TPSA) is 59.1 Å². The van der Waals surface area contributed by atoms with Crippen LogP contribution < -0.4 is 0 Å². The van der Waals surface area contributed by atoms with Crippen LogP contribution in [0, 0.1) is 0 Å². The van der Waals surface area contributed by atoms with Crippen molar-refractivity contribution < 1.29 is 19.1 Å². The molecule has 4 heterocycles. The van der Waals surface area contributed by atoms with E-state index >= 15 is 0 Å². The molecule has 6 nitrogen and oxygen atoms in total. The summed E-state index contributed by atoms with van der Waals surface area (Å²) < 4.78 is 13.7. The monoisotopic (exact) mass is 658 g/mol. The zero-order valence-corrected chi connectivity index (χ0v) is 29.6. The molecule has 0 aliphatic carbocycles. The highest BCUT2D eigenvalue weighted by molar-refractivity contribution is 7.17. The predicted molar refractivity (Wildman–Crippen MR) is 194 cm³/mol. The molecule has 2 aromatic carbocycles. The quantitative estimate of drug-likeness (QED) is 0.215. The Bertz CT molecular complexity index is 1730. The smallest absolute Gasteiger partial charge is 0.410 e. The maximum atomic E-state index is 12.3. The van der Waals surface area contributed by atoms with Gasteiger partial charge in [-0.15, -0.1) is 22.7 Å². The van der Waals surface area contributed by atoms with E-state index in [1.165, 1.54) is 42.4 Å². The van der Waals surface area contributed by atoms with Gasteiger partial charge in [0.25, 0.3) is 0 Å². The Hall–Kier alpha value is -3.62. The highest BCUT2D eigenvalue weighted by Crippen LogP contribution is 2.34. The van der Waals surface area contributed by atoms with E-state index in [-0.39, 0.29) is 12.2 Å². The average Bonchev–Trinajstić information content (AvgIpc) is 3.51. The Morgan fingerprint density at radius 2 is 1.20 bits per heavy atom. The van der Waals surface area contributed by atoms with E-state index in [2.05, 4.69) is 71.4 Å². The third-order valence-corrected chi connectivity index (χ3v) is 9.75. The molecule has 0 N–H and O–H groups in total. The van der Waals surface area contributed by atoms with Crippen LogP contribution in [0.3, 0.4) is 0 Å². The second-order valence-corrected chi connectivity index (χ2v) is 15.6. The van der Waals surface area contributed by atoms with Crippen molar-refractivity contribution in [1.82, 2.24) is 9.80 Å². The third kappa shape index (κ3) is 8.80. The van der Waals surface area contributed by atoms with Crippen LogP contribution in [-0.4, -0.2) is 59.4 Å². The molecule has 2 aliphatic rings. The molecule has 46 heavy (non-hydrogen) atoms. The lowest BCUT2D eigenvalue weighted by atomic mass is 10.0. The van der Waals surface area contributed by atoms with E-state index in [1.807, 2.05) is 46.4 Å². The Labute approximate surface area is 281 Å². The molecule has 8 heteroatoms. The lowest BCUT2D eigenvalue weighted by Crippen LogP contribution is -2.37. The molecule has 244 valence electrons. The lowest BCUT2D eigenvalue weighted by Gasteiger charge is -2.26.